The molecule has 0 aliphatic carbocycles. The van der Waals surface area contributed by atoms with Crippen molar-refractivity contribution in [2.75, 3.05) is 10.7 Å². The average molecular weight is 288 g/mol. The van der Waals surface area contributed by atoms with Crippen molar-refractivity contribution in [2.24, 2.45) is 5.84 Å². The van der Waals surface area contributed by atoms with Gasteiger partial charge in [-0.05, 0) is 31.9 Å². The summed E-state index contributed by atoms with van der Waals surface area (Å²) in [5.41, 5.74) is 4.53. The van der Waals surface area contributed by atoms with E-state index in [2.05, 4.69) is 38.7 Å². The zero-order chi connectivity index (χ0) is 15.2. The number of nitrogen functional groups attached to an aromatic ring is 1. The summed E-state index contributed by atoms with van der Waals surface area (Å²) < 4.78 is 5.49. The summed E-state index contributed by atoms with van der Waals surface area (Å²) >= 11 is 0. The van der Waals surface area contributed by atoms with Gasteiger partial charge in [0, 0.05) is 5.69 Å². The zero-order valence-corrected chi connectivity index (χ0v) is 12.4. The minimum Gasteiger partial charge on any atom is -0.461 e. The molecule has 4 N–H and O–H groups in total. The van der Waals surface area contributed by atoms with Gasteiger partial charge in [0.05, 0.1) is 6.10 Å². The van der Waals surface area contributed by atoms with Crippen LogP contribution in [0.15, 0.2) is 24.3 Å². The number of nitrogens with zero attached hydrogens (tertiary/aromatic N) is 3. The highest BCUT2D eigenvalue weighted by Crippen LogP contribution is 2.21. The molecule has 1 aromatic heterocycles. The van der Waals surface area contributed by atoms with E-state index in [0.717, 1.165) is 12.1 Å². The van der Waals surface area contributed by atoms with Crippen LogP contribution in [0, 0.1) is 0 Å². The second-order valence-corrected chi connectivity index (χ2v) is 4.71. The van der Waals surface area contributed by atoms with Gasteiger partial charge in [0.15, 0.2) is 0 Å². The SMILES string of the molecule is CCc1ccccc1Nc1nc(NN)nc(OC(C)C)n1. The van der Waals surface area contributed by atoms with Crippen LogP contribution in [0.3, 0.4) is 0 Å². The van der Waals surface area contributed by atoms with E-state index in [9.17, 15) is 0 Å². The lowest BCUT2D eigenvalue weighted by Gasteiger charge is -2.12. The Hall–Kier alpha value is -2.41. The quantitative estimate of drug-likeness (QED) is 0.554. The Morgan fingerprint density at radius 3 is 2.52 bits per heavy atom. The monoisotopic (exact) mass is 288 g/mol. The molecule has 0 atom stereocenters. The van der Waals surface area contributed by atoms with Gasteiger partial charge in [0.1, 0.15) is 0 Å². The molecule has 7 nitrogen and oxygen atoms in total. The van der Waals surface area contributed by atoms with Gasteiger partial charge in [0.2, 0.25) is 11.9 Å². The molecule has 0 unspecified atom stereocenters. The summed E-state index contributed by atoms with van der Waals surface area (Å²) in [7, 11) is 0. The second kappa shape index (κ2) is 6.85. The first kappa shape index (κ1) is 15.0. The van der Waals surface area contributed by atoms with Crippen LogP contribution >= 0.6 is 0 Å². The van der Waals surface area contributed by atoms with Crippen LogP contribution in [-0.2, 0) is 6.42 Å². The molecule has 1 aromatic carbocycles. The Morgan fingerprint density at radius 1 is 1.14 bits per heavy atom. The molecule has 0 radical (unpaired) electrons. The van der Waals surface area contributed by atoms with Gasteiger partial charge < -0.3 is 10.1 Å². The minimum absolute atomic E-state index is 0.0335. The van der Waals surface area contributed by atoms with Crippen molar-refractivity contribution in [3.63, 3.8) is 0 Å². The first-order valence-electron chi connectivity index (χ1n) is 6.86. The molecule has 0 bridgehead atoms. The van der Waals surface area contributed by atoms with Crippen LogP contribution in [0.2, 0.25) is 0 Å². The number of nitrogens with one attached hydrogen (secondary N) is 2. The summed E-state index contributed by atoms with van der Waals surface area (Å²) in [6.45, 7) is 5.89. The van der Waals surface area contributed by atoms with Crippen LogP contribution in [0.1, 0.15) is 26.3 Å². The van der Waals surface area contributed by atoms with Gasteiger partial charge in [0.25, 0.3) is 0 Å². The largest absolute Gasteiger partial charge is 0.461 e. The van der Waals surface area contributed by atoms with Crippen LogP contribution in [0.25, 0.3) is 0 Å². The maximum atomic E-state index is 5.49. The third-order valence-corrected chi connectivity index (χ3v) is 2.73. The number of hydrazine groups is 1. The lowest BCUT2D eigenvalue weighted by atomic mass is 10.1. The van der Waals surface area contributed by atoms with E-state index in [-0.39, 0.29) is 18.1 Å². The molecule has 112 valence electrons. The zero-order valence-electron chi connectivity index (χ0n) is 12.4. The summed E-state index contributed by atoms with van der Waals surface area (Å²) in [5, 5.41) is 3.17. The molecule has 1 heterocycles. The van der Waals surface area contributed by atoms with Crippen molar-refractivity contribution in [1.82, 2.24) is 15.0 Å². The summed E-state index contributed by atoms with van der Waals surface area (Å²) in [5.74, 6) is 6.01. The number of ether oxygens (including phenoxy) is 1. The topological polar surface area (TPSA) is 98.0 Å². The molecule has 0 aliphatic rings. The van der Waals surface area contributed by atoms with Crippen molar-refractivity contribution in [3.05, 3.63) is 29.8 Å². The molecule has 7 heteroatoms. The Kier molecular flexibility index (Phi) is 4.89. The molecule has 0 saturated carbocycles. The van der Waals surface area contributed by atoms with Gasteiger partial charge in [-0.1, -0.05) is 25.1 Å². The number of anilines is 3. The normalized spacial score (nSPS) is 10.5. The Balaban J connectivity index is 2.30. The number of benzene rings is 1. The van der Waals surface area contributed by atoms with Gasteiger partial charge in [-0.15, -0.1) is 0 Å². The number of rotatable bonds is 6. The van der Waals surface area contributed by atoms with Crippen molar-refractivity contribution >= 4 is 17.6 Å². The molecule has 2 aromatic rings. The lowest BCUT2D eigenvalue weighted by molar-refractivity contribution is 0.222. The van der Waals surface area contributed by atoms with Gasteiger partial charge in [-0.3, -0.25) is 5.43 Å². The van der Waals surface area contributed by atoms with E-state index < -0.39 is 0 Å². The van der Waals surface area contributed by atoms with Crippen molar-refractivity contribution < 1.29 is 4.74 Å². The van der Waals surface area contributed by atoms with Crippen molar-refractivity contribution in [3.8, 4) is 6.01 Å². The molecular weight excluding hydrogens is 268 g/mol. The average Bonchev–Trinajstić information content (AvgIpc) is 2.46. The third kappa shape index (κ3) is 4.03. The van der Waals surface area contributed by atoms with E-state index in [1.54, 1.807) is 0 Å². The van der Waals surface area contributed by atoms with Crippen LogP contribution in [0.5, 0.6) is 6.01 Å². The van der Waals surface area contributed by atoms with Gasteiger partial charge in [-0.2, -0.15) is 15.0 Å². The standard InChI is InChI=1S/C14H20N6O/c1-4-10-7-5-6-8-11(10)16-12-17-13(20-15)19-14(18-12)21-9(2)3/h5-9H,4,15H2,1-3H3,(H2,16,17,18,19,20). The van der Waals surface area contributed by atoms with Crippen molar-refractivity contribution in [2.45, 2.75) is 33.3 Å². The number of hydrogen-bond donors (Lipinski definition) is 3. The highest BCUT2D eigenvalue weighted by Gasteiger charge is 2.09. The highest BCUT2D eigenvalue weighted by atomic mass is 16.5. The molecule has 0 fully saturated rings. The maximum absolute atomic E-state index is 5.49. The molecule has 0 amide bonds. The summed E-state index contributed by atoms with van der Waals surface area (Å²) in [4.78, 5) is 12.5. The minimum atomic E-state index is -0.0335. The van der Waals surface area contributed by atoms with Crippen LogP contribution in [0.4, 0.5) is 17.6 Å². The van der Waals surface area contributed by atoms with E-state index >= 15 is 0 Å². The summed E-state index contributed by atoms with van der Waals surface area (Å²) in [6.07, 6.45) is 0.875. The smallest absolute Gasteiger partial charge is 0.323 e. The summed E-state index contributed by atoms with van der Waals surface area (Å²) in [6, 6.07) is 8.20. The first-order valence-corrected chi connectivity index (χ1v) is 6.86. The molecule has 2 rings (SSSR count). The van der Waals surface area contributed by atoms with Gasteiger partial charge in [-0.25, -0.2) is 5.84 Å². The number of hydrogen-bond acceptors (Lipinski definition) is 7. The predicted molar refractivity (Wildman–Crippen MR) is 82.5 cm³/mol. The fourth-order valence-electron chi connectivity index (χ4n) is 1.81. The van der Waals surface area contributed by atoms with Crippen LogP contribution in [-0.4, -0.2) is 21.1 Å². The van der Waals surface area contributed by atoms with E-state index in [1.165, 1.54) is 5.56 Å². The number of aromatic nitrogens is 3. The lowest BCUT2D eigenvalue weighted by Crippen LogP contribution is -2.15. The molecule has 0 spiro atoms. The molecular formula is C14H20N6O. The van der Waals surface area contributed by atoms with Crippen LogP contribution < -0.4 is 21.3 Å². The third-order valence-electron chi connectivity index (χ3n) is 2.73. The predicted octanol–water partition coefficient (Wildman–Crippen LogP) is 2.25. The Labute approximate surface area is 123 Å². The maximum Gasteiger partial charge on any atom is 0.323 e. The second-order valence-electron chi connectivity index (χ2n) is 4.71. The van der Waals surface area contributed by atoms with E-state index in [0.29, 0.717) is 5.95 Å². The highest BCUT2D eigenvalue weighted by molar-refractivity contribution is 5.59. The Bertz CT molecular complexity index is 602. The van der Waals surface area contributed by atoms with E-state index in [1.807, 2.05) is 32.0 Å². The van der Waals surface area contributed by atoms with Gasteiger partial charge >= 0.3 is 6.01 Å². The molecule has 0 saturated heterocycles. The fraction of sp³-hybridized carbons (Fsp3) is 0.357. The number of para-hydroxylation sites is 1. The fourth-order valence-corrected chi connectivity index (χ4v) is 1.81. The molecule has 21 heavy (non-hydrogen) atoms. The first-order chi connectivity index (χ1) is 10.1. The van der Waals surface area contributed by atoms with Crippen molar-refractivity contribution in [1.29, 1.82) is 0 Å². The number of aryl methyl sites for hydroxylation is 1. The number of nitrogens with two attached hydrogens (primary N) is 1. The Morgan fingerprint density at radius 2 is 1.86 bits per heavy atom. The van der Waals surface area contributed by atoms with E-state index in [4.69, 9.17) is 10.6 Å². The molecule has 0 aliphatic heterocycles.